The van der Waals surface area contributed by atoms with Crippen LogP contribution in [0.3, 0.4) is 0 Å². The van der Waals surface area contributed by atoms with Crippen molar-refractivity contribution in [3.8, 4) is 11.5 Å². The van der Waals surface area contributed by atoms with Gasteiger partial charge in [0.1, 0.15) is 12.2 Å². The molecule has 0 heterocycles. The monoisotopic (exact) mass is 481 g/mol. The van der Waals surface area contributed by atoms with Gasteiger partial charge in [-0.1, -0.05) is 61.7 Å². The average Bonchev–Trinajstić information content (AvgIpc) is 2.86. The smallest absolute Gasteiger partial charge is 0.264 e. The number of benzene rings is 3. The second-order valence-electron chi connectivity index (χ2n) is 8.94. The summed E-state index contributed by atoms with van der Waals surface area (Å²) in [6.07, 6.45) is 1.43. The molecule has 0 bridgehead atoms. The third-order valence-electron chi connectivity index (χ3n) is 6.92. The van der Waals surface area contributed by atoms with Crippen molar-refractivity contribution in [1.82, 2.24) is 0 Å². The first-order valence-corrected chi connectivity index (χ1v) is 12.9. The largest absolute Gasteiger partial charge is 0.504 e. The molecule has 3 aromatic carbocycles. The Morgan fingerprint density at radius 1 is 0.735 bits per heavy atom. The number of hydrogen-bond acceptors (Lipinski definition) is 6. The van der Waals surface area contributed by atoms with Crippen LogP contribution in [0, 0.1) is 0 Å². The zero-order valence-electron chi connectivity index (χ0n) is 18.5. The van der Waals surface area contributed by atoms with Crippen LogP contribution in [0.5, 0.6) is 11.5 Å². The standard InChI is InChI=1S/C26H27NO6S/c28-23-18-13-7-8-14-19(18)24(29)22-20(23)15-21(25(30)26(22)31)27(16-9-3-1-4-10-16)34(32,33)17-11-5-2-6-12-17/h2,5-8,11-16,23-24,28-31H,1,3-4,9-10H2. The summed E-state index contributed by atoms with van der Waals surface area (Å²) in [5, 5.41) is 44.1. The minimum atomic E-state index is -4.09. The van der Waals surface area contributed by atoms with Gasteiger partial charge in [0, 0.05) is 11.6 Å². The summed E-state index contributed by atoms with van der Waals surface area (Å²) in [7, 11) is -4.09. The molecule has 0 amide bonds. The number of nitrogens with zero attached hydrogens (tertiary/aromatic N) is 1. The highest BCUT2D eigenvalue weighted by atomic mass is 32.2. The fourth-order valence-electron chi connectivity index (χ4n) is 5.24. The lowest BCUT2D eigenvalue weighted by Gasteiger charge is -2.37. The first kappa shape index (κ1) is 22.7. The van der Waals surface area contributed by atoms with Gasteiger partial charge >= 0.3 is 0 Å². The quantitative estimate of drug-likeness (QED) is 0.417. The molecule has 0 aromatic heterocycles. The Labute approximate surface area is 198 Å². The molecule has 1 saturated carbocycles. The van der Waals surface area contributed by atoms with E-state index in [0.717, 1.165) is 19.3 Å². The SMILES string of the molecule is O=S(=O)(c1ccccc1)N(c1cc2c(c(O)c1O)C(O)c1ccccc1C2O)C1CCCCC1. The Morgan fingerprint density at radius 2 is 1.32 bits per heavy atom. The predicted octanol–water partition coefficient (Wildman–Crippen LogP) is 4.10. The summed E-state index contributed by atoms with van der Waals surface area (Å²) in [6, 6.07) is 15.7. The maximum atomic E-state index is 13.8. The van der Waals surface area contributed by atoms with Crippen molar-refractivity contribution >= 4 is 15.7 Å². The molecule has 5 rings (SSSR count). The number of aliphatic hydroxyl groups is 2. The van der Waals surface area contributed by atoms with Crippen molar-refractivity contribution in [2.75, 3.05) is 4.31 Å². The Hall–Kier alpha value is -3.07. The highest BCUT2D eigenvalue weighted by molar-refractivity contribution is 7.92. The third kappa shape index (κ3) is 3.53. The van der Waals surface area contributed by atoms with E-state index in [2.05, 4.69) is 0 Å². The fourth-order valence-corrected chi connectivity index (χ4v) is 6.97. The van der Waals surface area contributed by atoms with Crippen molar-refractivity contribution in [3.05, 3.63) is 82.9 Å². The molecule has 0 aliphatic heterocycles. The lowest BCUT2D eigenvalue weighted by Crippen LogP contribution is -2.42. The van der Waals surface area contributed by atoms with Crippen LogP contribution in [0.25, 0.3) is 0 Å². The number of aromatic hydroxyl groups is 2. The van der Waals surface area contributed by atoms with Crippen LogP contribution >= 0.6 is 0 Å². The number of rotatable bonds is 4. The normalized spacial score (nSPS) is 20.4. The van der Waals surface area contributed by atoms with E-state index in [1.165, 1.54) is 22.5 Å². The van der Waals surface area contributed by atoms with E-state index < -0.39 is 39.8 Å². The van der Waals surface area contributed by atoms with Gasteiger partial charge in [0.15, 0.2) is 11.5 Å². The molecule has 0 spiro atoms. The molecule has 2 aliphatic carbocycles. The lowest BCUT2D eigenvalue weighted by molar-refractivity contribution is 0.169. The number of phenolic OH excluding ortho intramolecular Hbond substituents is 2. The van der Waals surface area contributed by atoms with Gasteiger partial charge in [-0.2, -0.15) is 0 Å². The third-order valence-corrected chi connectivity index (χ3v) is 8.80. The Kier molecular flexibility index (Phi) is 5.75. The first-order chi connectivity index (χ1) is 16.3. The summed E-state index contributed by atoms with van der Waals surface area (Å²) in [5.41, 5.74) is 0.936. The summed E-state index contributed by atoms with van der Waals surface area (Å²) >= 11 is 0. The minimum Gasteiger partial charge on any atom is -0.504 e. The molecule has 178 valence electrons. The molecular weight excluding hydrogens is 454 g/mol. The number of anilines is 1. The minimum absolute atomic E-state index is 0.0202. The molecular formula is C26H27NO6S. The first-order valence-electron chi connectivity index (χ1n) is 11.5. The van der Waals surface area contributed by atoms with Crippen molar-refractivity contribution in [2.24, 2.45) is 0 Å². The second-order valence-corrected chi connectivity index (χ2v) is 10.8. The number of phenols is 2. The van der Waals surface area contributed by atoms with Gasteiger partial charge in [0.25, 0.3) is 10.0 Å². The number of aliphatic hydroxyl groups excluding tert-OH is 2. The Morgan fingerprint density at radius 3 is 1.97 bits per heavy atom. The van der Waals surface area contributed by atoms with Crippen LogP contribution in [0.1, 0.15) is 66.6 Å². The zero-order chi connectivity index (χ0) is 24.0. The summed E-state index contributed by atoms with van der Waals surface area (Å²) in [5.74, 6) is -1.26. The molecule has 0 radical (unpaired) electrons. The van der Waals surface area contributed by atoms with Gasteiger partial charge in [-0.15, -0.1) is 0 Å². The summed E-state index contributed by atoms with van der Waals surface area (Å²) in [4.78, 5) is 0.0723. The van der Waals surface area contributed by atoms with Crippen LogP contribution in [0.4, 0.5) is 5.69 Å². The van der Waals surface area contributed by atoms with Crippen LogP contribution < -0.4 is 4.31 Å². The molecule has 0 saturated heterocycles. The highest BCUT2D eigenvalue weighted by Crippen LogP contribution is 2.52. The van der Waals surface area contributed by atoms with Crippen LogP contribution in [-0.2, 0) is 10.0 Å². The van der Waals surface area contributed by atoms with E-state index >= 15 is 0 Å². The Bertz CT molecular complexity index is 1320. The van der Waals surface area contributed by atoms with Gasteiger partial charge < -0.3 is 20.4 Å². The lowest BCUT2D eigenvalue weighted by atomic mass is 9.81. The summed E-state index contributed by atoms with van der Waals surface area (Å²) in [6.45, 7) is 0. The Balaban J connectivity index is 1.72. The van der Waals surface area contributed by atoms with E-state index in [-0.39, 0.29) is 21.7 Å². The summed E-state index contributed by atoms with van der Waals surface area (Å²) < 4.78 is 28.8. The average molecular weight is 482 g/mol. The zero-order valence-corrected chi connectivity index (χ0v) is 19.3. The molecule has 7 nitrogen and oxygen atoms in total. The molecule has 3 aromatic rings. The van der Waals surface area contributed by atoms with E-state index in [9.17, 15) is 28.8 Å². The van der Waals surface area contributed by atoms with E-state index in [0.29, 0.717) is 24.0 Å². The molecule has 2 aliphatic rings. The van der Waals surface area contributed by atoms with Gasteiger partial charge in [-0.3, -0.25) is 4.31 Å². The maximum Gasteiger partial charge on any atom is 0.264 e. The molecule has 4 N–H and O–H groups in total. The maximum absolute atomic E-state index is 13.8. The van der Waals surface area contributed by atoms with Gasteiger partial charge in [-0.05, 0) is 47.7 Å². The van der Waals surface area contributed by atoms with E-state index in [1.807, 2.05) is 0 Å². The van der Waals surface area contributed by atoms with Gasteiger partial charge in [-0.25, -0.2) is 8.42 Å². The highest BCUT2D eigenvalue weighted by Gasteiger charge is 2.39. The predicted molar refractivity (Wildman–Crippen MR) is 127 cm³/mol. The molecule has 8 heteroatoms. The molecule has 34 heavy (non-hydrogen) atoms. The molecule has 2 atom stereocenters. The fraction of sp³-hybridized carbons (Fsp3) is 0.308. The van der Waals surface area contributed by atoms with Crippen molar-refractivity contribution in [3.63, 3.8) is 0 Å². The van der Waals surface area contributed by atoms with E-state index in [1.54, 1.807) is 42.5 Å². The molecule has 2 unspecified atom stereocenters. The van der Waals surface area contributed by atoms with Crippen LogP contribution in [0.15, 0.2) is 65.6 Å². The van der Waals surface area contributed by atoms with Crippen molar-refractivity contribution in [1.29, 1.82) is 0 Å². The topological polar surface area (TPSA) is 118 Å². The molecule has 1 fully saturated rings. The van der Waals surface area contributed by atoms with Crippen LogP contribution in [-0.4, -0.2) is 34.9 Å². The van der Waals surface area contributed by atoms with Gasteiger partial charge in [0.05, 0.1) is 10.6 Å². The van der Waals surface area contributed by atoms with E-state index in [4.69, 9.17) is 0 Å². The van der Waals surface area contributed by atoms with Crippen LogP contribution in [0.2, 0.25) is 0 Å². The number of sulfonamides is 1. The van der Waals surface area contributed by atoms with Gasteiger partial charge in [0.2, 0.25) is 0 Å². The number of fused-ring (bicyclic) bond motifs is 2. The second kappa shape index (κ2) is 8.61. The van der Waals surface area contributed by atoms with Crippen molar-refractivity contribution < 1.29 is 28.8 Å². The number of hydrogen-bond donors (Lipinski definition) is 4. The van der Waals surface area contributed by atoms with Crippen molar-refractivity contribution in [2.45, 2.75) is 55.2 Å².